The summed E-state index contributed by atoms with van der Waals surface area (Å²) in [5, 5.41) is 12.6. The van der Waals surface area contributed by atoms with Gasteiger partial charge in [0.15, 0.2) is 0 Å². The fourth-order valence-electron chi connectivity index (χ4n) is 1.42. The third-order valence-corrected chi connectivity index (χ3v) is 2.34. The summed E-state index contributed by atoms with van der Waals surface area (Å²) in [4.78, 5) is 4.49. The van der Waals surface area contributed by atoms with Crippen molar-refractivity contribution < 1.29 is 9.84 Å². The number of aliphatic hydroxyl groups excluding tert-OH is 1. The van der Waals surface area contributed by atoms with Crippen molar-refractivity contribution in [3.05, 3.63) is 23.5 Å². The Morgan fingerprint density at radius 3 is 2.61 bits per heavy atom. The standard InChI is InChI=1S/C14H24N2O2/c1-10-6-7-13(18-9-11(2)17)12(16-10)8-15-14(3,4)5/h6-7,11,15,17H,8-9H2,1-5H3. The van der Waals surface area contributed by atoms with Gasteiger partial charge in [-0.2, -0.15) is 0 Å². The fourth-order valence-corrected chi connectivity index (χ4v) is 1.42. The van der Waals surface area contributed by atoms with Gasteiger partial charge in [-0.1, -0.05) is 0 Å². The summed E-state index contributed by atoms with van der Waals surface area (Å²) in [6.07, 6.45) is -0.477. The Balaban J connectivity index is 2.76. The first-order valence-corrected chi connectivity index (χ1v) is 6.30. The number of pyridine rings is 1. The quantitative estimate of drug-likeness (QED) is 0.842. The van der Waals surface area contributed by atoms with E-state index < -0.39 is 6.10 Å². The van der Waals surface area contributed by atoms with Crippen LogP contribution in [0, 0.1) is 6.92 Å². The highest BCUT2D eigenvalue weighted by Crippen LogP contribution is 2.18. The summed E-state index contributed by atoms with van der Waals surface area (Å²) in [5.41, 5.74) is 1.88. The second kappa shape index (κ2) is 6.16. The maximum absolute atomic E-state index is 9.26. The average Bonchev–Trinajstić information content (AvgIpc) is 2.23. The van der Waals surface area contributed by atoms with Gasteiger partial charge >= 0.3 is 0 Å². The van der Waals surface area contributed by atoms with E-state index in [0.717, 1.165) is 17.1 Å². The van der Waals surface area contributed by atoms with Crippen molar-refractivity contribution in [3.8, 4) is 5.75 Å². The number of hydrogen-bond acceptors (Lipinski definition) is 4. The highest BCUT2D eigenvalue weighted by Gasteiger charge is 2.12. The number of nitrogens with zero attached hydrogens (tertiary/aromatic N) is 1. The second-order valence-corrected chi connectivity index (χ2v) is 5.66. The molecule has 4 nitrogen and oxygen atoms in total. The van der Waals surface area contributed by atoms with Gasteiger partial charge < -0.3 is 15.2 Å². The van der Waals surface area contributed by atoms with Gasteiger partial charge in [0.2, 0.25) is 0 Å². The number of ether oxygens (including phenoxy) is 1. The molecule has 1 rings (SSSR count). The molecule has 0 aliphatic heterocycles. The van der Waals surface area contributed by atoms with Crippen LogP contribution in [0.5, 0.6) is 5.75 Å². The molecule has 1 aromatic heterocycles. The molecule has 0 amide bonds. The SMILES string of the molecule is Cc1ccc(OCC(C)O)c(CNC(C)(C)C)n1. The zero-order valence-electron chi connectivity index (χ0n) is 11.9. The molecule has 1 unspecified atom stereocenters. The lowest BCUT2D eigenvalue weighted by Crippen LogP contribution is -2.35. The smallest absolute Gasteiger partial charge is 0.142 e. The summed E-state index contributed by atoms with van der Waals surface area (Å²) in [6, 6.07) is 3.82. The average molecular weight is 252 g/mol. The van der Waals surface area contributed by atoms with Gasteiger partial charge in [0.25, 0.3) is 0 Å². The van der Waals surface area contributed by atoms with Crippen molar-refractivity contribution in [3.63, 3.8) is 0 Å². The lowest BCUT2D eigenvalue weighted by atomic mass is 10.1. The summed E-state index contributed by atoms with van der Waals surface area (Å²) >= 11 is 0. The Morgan fingerprint density at radius 1 is 1.39 bits per heavy atom. The third kappa shape index (κ3) is 5.47. The Labute approximate surface area is 109 Å². The van der Waals surface area contributed by atoms with Crippen LogP contribution in [0.4, 0.5) is 0 Å². The lowest BCUT2D eigenvalue weighted by Gasteiger charge is -2.21. The number of aliphatic hydroxyl groups is 1. The number of rotatable bonds is 5. The maximum Gasteiger partial charge on any atom is 0.142 e. The molecule has 4 heteroatoms. The minimum atomic E-state index is -0.477. The highest BCUT2D eigenvalue weighted by molar-refractivity contribution is 5.29. The van der Waals surface area contributed by atoms with Crippen LogP contribution in [0.15, 0.2) is 12.1 Å². The van der Waals surface area contributed by atoms with E-state index in [1.807, 2.05) is 19.1 Å². The molecule has 2 N–H and O–H groups in total. The van der Waals surface area contributed by atoms with Crippen molar-refractivity contribution in [1.29, 1.82) is 0 Å². The van der Waals surface area contributed by atoms with Crippen LogP contribution in [-0.4, -0.2) is 28.3 Å². The first kappa shape index (κ1) is 14.9. The molecule has 0 spiro atoms. The van der Waals surface area contributed by atoms with Gasteiger partial charge in [0.05, 0.1) is 11.8 Å². The van der Waals surface area contributed by atoms with Crippen LogP contribution in [0.3, 0.4) is 0 Å². The molecule has 0 saturated heterocycles. The van der Waals surface area contributed by atoms with Gasteiger partial charge in [0, 0.05) is 17.8 Å². The molecule has 102 valence electrons. The molecular weight excluding hydrogens is 228 g/mol. The highest BCUT2D eigenvalue weighted by atomic mass is 16.5. The summed E-state index contributed by atoms with van der Waals surface area (Å²) in [5.74, 6) is 0.734. The van der Waals surface area contributed by atoms with Gasteiger partial charge in [-0.05, 0) is 46.8 Å². The molecule has 1 atom stereocenters. The summed E-state index contributed by atoms with van der Waals surface area (Å²) < 4.78 is 5.57. The summed E-state index contributed by atoms with van der Waals surface area (Å²) in [7, 11) is 0. The van der Waals surface area contributed by atoms with Gasteiger partial charge in [0.1, 0.15) is 12.4 Å². The number of aromatic nitrogens is 1. The van der Waals surface area contributed by atoms with Crippen molar-refractivity contribution in [2.24, 2.45) is 0 Å². The van der Waals surface area contributed by atoms with Crippen molar-refractivity contribution >= 4 is 0 Å². The number of hydrogen-bond donors (Lipinski definition) is 2. The van der Waals surface area contributed by atoms with Crippen LogP contribution < -0.4 is 10.1 Å². The van der Waals surface area contributed by atoms with Gasteiger partial charge in [-0.25, -0.2) is 0 Å². The molecule has 18 heavy (non-hydrogen) atoms. The Kier molecular flexibility index (Phi) is 5.11. The molecule has 0 saturated carbocycles. The Hall–Kier alpha value is -1.13. The molecule has 1 heterocycles. The molecule has 0 aliphatic rings. The predicted octanol–water partition coefficient (Wildman–Crippen LogP) is 2.04. The second-order valence-electron chi connectivity index (χ2n) is 5.66. The van der Waals surface area contributed by atoms with Crippen LogP contribution in [0.2, 0.25) is 0 Å². The molecule has 1 aromatic rings. The molecule has 0 fully saturated rings. The van der Waals surface area contributed by atoms with E-state index in [-0.39, 0.29) is 12.1 Å². The Bertz CT molecular complexity index is 384. The monoisotopic (exact) mass is 252 g/mol. The van der Waals surface area contributed by atoms with Crippen molar-refractivity contribution in [2.75, 3.05) is 6.61 Å². The normalized spacial score (nSPS) is 13.4. The largest absolute Gasteiger partial charge is 0.489 e. The third-order valence-electron chi connectivity index (χ3n) is 2.34. The van der Waals surface area contributed by atoms with Crippen LogP contribution in [-0.2, 0) is 6.54 Å². The number of nitrogens with one attached hydrogen (secondary N) is 1. The van der Waals surface area contributed by atoms with Crippen molar-refractivity contribution in [2.45, 2.75) is 52.8 Å². The van der Waals surface area contributed by atoms with E-state index in [4.69, 9.17) is 4.74 Å². The topological polar surface area (TPSA) is 54.4 Å². The first-order valence-electron chi connectivity index (χ1n) is 6.30. The van der Waals surface area contributed by atoms with Crippen LogP contribution in [0.25, 0.3) is 0 Å². The van der Waals surface area contributed by atoms with Crippen molar-refractivity contribution in [1.82, 2.24) is 10.3 Å². The fraction of sp³-hybridized carbons (Fsp3) is 0.643. The van der Waals surface area contributed by atoms with E-state index in [0.29, 0.717) is 6.54 Å². The molecule has 0 radical (unpaired) electrons. The molecule has 0 aliphatic carbocycles. The molecular formula is C14H24N2O2. The zero-order chi connectivity index (χ0) is 13.8. The van der Waals surface area contributed by atoms with E-state index >= 15 is 0 Å². The predicted molar refractivity (Wildman–Crippen MR) is 72.7 cm³/mol. The lowest BCUT2D eigenvalue weighted by molar-refractivity contribution is 0.121. The van der Waals surface area contributed by atoms with E-state index in [9.17, 15) is 5.11 Å². The number of aryl methyl sites for hydroxylation is 1. The zero-order valence-corrected chi connectivity index (χ0v) is 11.9. The Morgan fingerprint density at radius 2 is 2.06 bits per heavy atom. The van der Waals surface area contributed by atoms with E-state index in [1.165, 1.54) is 0 Å². The van der Waals surface area contributed by atoms with Crippen LogP contribution >= 0.6 is 0 Å². The molecule has 0 bridgehead atoms. The molecule has 0 aromatic carbocycles. The van der Waals surface area contributed by atoms with E-state index in [2.05, 4.69) is 31.1 Å². The minimum absolute atomic E-state index is 0.0347. The van der Waals surface area contributed by atoms with E-state index in [1.54, 1.807) is 6.92 Å². The minimum Gasteiger partial charge on any atom is -0.489 e. The van der Waals surface area contributed by atoms with Gasteiger partial charge in [-0.3, -0.25) is 4.98 Å². The van der Waals surface area contributed by atoms with Crippen LogP contribution in [0.1, 0.15) is 39.1 Å². The maximum atomic E-state index is 9.26. The van der Waals surface area contributed by atoms with Gasteiger partial charge in [-0.15, -0.1) is 0 Å². The first-order chi connectivity index (χ1) is 8.28. The summed E-state index contributed by atoms with van der Waals surface area (Å²) in [6.45, 7) is 10.9.